The van der Waals surface area contributed by atoms with Crippen molar-refractivity contribution in [3.63, 3.8) is 0 Å². The molecule has 0 N–H and O–H groups in total. The third-order valence-electron chi connectivity index (χ3n) is 2.79. The Labute approximate surface area is 110 Å². The quantitative estimate of drug-likeness (QED) is 0.717. The van der Waals surface area contributed by atoms with Gasteiger partial charge in [0.05, 0.1) is 0 Å². The van der Waals surface area contributed by atoms with Gasteiger partial charge >= 0.3 is 0 Å². The summed E-state index contributed by atoms with van der Waals surface area (Å²) in [7, 11) is 0. The Kier molecular flexibility index (Phi) is 3.02. The molecule has 0 aliphatic heterocycles. The van der Waals surface area contributed by atoms with Crippen molar-refractivity contribution in [2.24, 2.45) is 0 Å². The largest absolute Gasteiger partial charge is 0.334 e. The molecule has 3 rings (SSSR count). The molecule has 3 heterocycles. The van der Waals surface area contributed by atoms with Crippen LogP contribution in [0.1, 0.15) is 12.6 Å². The van der Waals surface area contributed by atoms with Crippen molar-refractivity contribution in [1.29, 1.82) is 0 Å². The average molecular weight is 252 g/mol. The molecule has 0 aliphatic rings. The highest BCUT2D eigenvalue weighted by Gasteiger charge is 2.10. The lowest BCUT2D eigenvalue weighted by atomic mass is 10.2. The highest BCUT2D eigenvalue weighted by atomic mass is 16.5. The van der Waals surface area contributed by atoms with Gasteiger partial charge in [0.15, 0.2) is 0 Å². The number of rotatable bonds is 3. The van der Waals surface area contributed by atoms with E-state index in [1.165, 1.54) is 0 Å². The van der Waals surface area contributed by atoms with E-state index in [0.717, 1.165) is 23.2 Å². The lowest BCUT2D eigenvalue weighted by Crippen LogP contribution is -1.88. The number of nitrogens with zero attached hydrogens (tertiary/aromatic N) is 4. The summed E-state index contributed by atoms with van der Waals surface area (Å²) in [6.45, 7) is 2.06. The normalized spacial score (nSPS) is 10.6. The average Bonchev–Trinajstić information content (AvgIpc) is 2.98. The van der Waals surface area contributed by atoms with Crippen LogP contribution in [0, 0.1) is 0 Å². The second-order valence-corrected chi connectivity index (χ2v) is 4.05. The molecule has 3 aromatic heterocycles. The van der Waals surface area contributed by atoms with Gasteiger partial charge in [-0.25, -0.2) is 0 Å². The topological polar surface area (TPSA) is 64.7 Å². The fourth-order valence-electron chi connectivity index (χ4n) is 1.76. The van der Waals surface area contributed by atoms with Gasteiger partial charge < -0.3 is 4.52 Å². The maximum Gasteiger partial charge on any atom is 0.258 e. The van der Waals surface area contributed by atoms with E-state index >= 15 is 0 Å². The fraction of sp³-hybridized carbons (Fsp3) is 0.143. The molecule has 0 bridgehead atoms. The molecular weight excluding hydrogens is 240 g/mol. The van der Waals surface area contributed by atoms with Gasteiger partial charge in [-0.05, 0) is 30.7 Å². The van der Waals surface area contributed by atoms with Crippen LogP contribution in [0.4, 0.5) is 0 Å². The van der Waals surface area contributed by atoms with E-state index in [4.69, 9.17) is 4.52 Å². The van der Waals surface area contributed by atoms with Gasteiger partial charge in [-0.2, -0.15) is 4.98 Å². The molecule has 5 heteroatoms. The first-order chi connectivity index (χ1) is 9.36. The van der Waals surface area contributed by atoms with E-state index in [-0.39, 0.29) is 0 Å². The number of hydrogen-bond acceptors (Lipinski definition) is 5. The second-order valence-electron chi connectivity index (χ2n) is 4.05. The summed E-state index contributed by atoms with van der Waals surface area (Å²) >= 11 is 0. The molecule has 0 atom stereocenters. The molecule has 0 saturated carbocycles. The van der Waals surface area contributed by atoms with Gasteiger partial charge in [0, 0.05) is 35.4 Å². The van der Waals surface area contributed by atoms with Crippen LogP contribution in [-0.2, 0) is 6.42 Å². The minimum Gasteiger partial charge on any atom is -0.334 e. The molecule has 0 amide bonds. The van der Waals surface area contributed by atoms with Crippen molar-refractivity contribution < 1.29 is 4.52 Å². The van der Waals surface area contributed by atoms with E-state index in [2.05, 4.69) is 27.0 Å². The molecule has 0 radical (unpaired) electrons. The first-order valence-electron chi connectivity index (χ1n) is 6.06. The van der Waals surface area contributed by atoms with E-state index in [9.17, 15) is 0 Å². The Hall–Kier alpha value is -2.56. The van der Waals surface area contributed by atoms with Gasteiger partial charge in [0.2, 0.25) is 5.82 Å². The minimum atomic E-state index is 0.493. The molecule has 0 aromatic carbocycles. The molecule has 0 aliphatic carbocycles. The molecule has 5 nitrogen and oxygen atoms in total. The van der Waals surface area contributed by atoms with Crippen LogP contribution >= 0.6 is 0 Å². The second kappa shape index (κ2) is 4.97. The summed E-state index contributed by atoms with van der Waals surface area (Å²) < 4.78 is 5.27. The number of aryl methyl sites for hydroxylation is 1. The maximum absolute atomic E-state index is 5.27. The van der Waals surface area contributed by atoms with Gasteiger partial charge in [0.1, 0.15) is 0 Å². The molecule has 0 fully saturated rings. The summed E-state index contributed by atoms with van der Waals surface area (Å²) in [5.41, 5.74) is 2.78. The summed E-state index contributed by atoms with van der Waals surface area (Å²) in [6, 6.07) is 7.52. The van der Waals surface area contributed by atoms with E-state index in [0.29, 0.717) is 11.7 Å². The highest BCUT2D eigenvalue weighted by Crippen LogP contribution is 2.21. The predicted molar refractivity (Wildman–Crippen MR) is 70.1 cm³/mol. The van der Waals surface area contributed by atoms with Crippen molar-refractivity contribution in [3.8, 4) is 22.8 Å². The Morgan fingerprint density at radius 2 is 1.84 bits per heavy atom. The number of aromatic nitrogens is 4. The third-order valence-corrected chi connectivity index (χ3v) is 2.79. The smallest absolute Gasteiger partial charge is 0.258 e. The van der Waals surface area contributed by atoms with Crippen LogP contribution in [0.3, 0.4) is 0 Å². The maximum atomic E-state index is 5.27. The summed E-state index contributed by atoms with van der Waals surface area (Å²) in [5, 5.41) is 4.00. The SMILES string of the molecule is CCc1cc(-c2noc(-c3ccncc3)n2)ccn1. The van der Waals surface area contributed by atoms with Gasteiger partial charge in [-0.3, -0.25) is 9.97 Å². The van der Waals surface area contributed by atoms with Crippen molar-refractivity contribution in [1.82, 2.24) is 20.1 Å². The standard InChI is InChI=1S/C14H12N4O/c1-2-12-9-11(5-8-16-12)13-17-14(19-18-13)10-3-6-15-7-4-10/h3-9H,2H2,1H3. The Balaban J connectivity index is 1.97. The summed E-state index contributed by atoms with van der Waals surface area (Å²) in [6.07, 6.45) is 6.03. The molecule has 94 valence electrons. The number of hydrogen-bond donors (Lipinski definition) is 0. The highest BCUT2D eigenvalue weighted by molar-refractivity contribution is 5.59. The van der Waals surface area contributed by atoms with Crippen LogP contribution in [0.2, 0.25) is 0 Å². The molecule has 0 saturated heterocycles. The van der Waals surface area contributed by atoms with Crippen LogP contribution in [0.5, 0.6) is 0 Å². The Bertz CT molecular complexity index is 679. The molecule has 0 unspecified atom stereocenters. The summed E-state index contributed by atoms with van der Waals surface area (Å²) in [5.74, 6) is 1.07. The molecule has 0 spiro atoms. The zero-order chi connectivity index (χ0) is 13.1. The van der Waals surface area contributed by atoms with E-state index in [1.807, 2.05) is 24.3 Å². The number of pyridine rings is 2. The summed E-state index contributed by atoms with van der Waals surface area (Å²) in [4.78, 5) is 12.6. The van der Waals surface area contributed by atoms with Crippen LogP contribution in [-0.4, -0.2) is 20.1 Å². The zero-order valence-corrected chi connectivity index (χ0v) is 10.4. The van der Waals surface area contributed by atoms with Crippen LogP contribution < -0.4 is 0 Å². The van der Waals surface area contributed by atoms with E-state index < -0.39 is 0 Å². The molecule has 19 heavy (non-hydrogen) atoms. The van der Waals surface area contributed by atoms with Crippen molar-refractivity contribution in [2.75, 3.05) is 0 Å². The fourth-order valence-corrected chi connectivity index (χ4v) is 1.76. The molecular formula is C14H12N4O. The van der Waals surface area contributed by atoms with Gasteiger partial charge in [-0.15, -0.1) is 0 Å². The Morgan fingerprint density at radius 1 is 1.05 bits per heavy atom. The lowest BCUT2D eigenvalue weighted by Gasteiger charge is -1.97. The van der Waals surface area contributed by atoms with Crippen molar-refractivity contribution in [2.45, 2.75) is 13.3 Å². The Morgan fingerprint density at radius 3 is 2.63 bits per heavy atom. The molecule has 3 aromatic rings. The lowest BCUT2D eigenvalue weighted by molar-refractivity contribution is 0.432. The monoisotopic (exact) mass is 252 g/mol. The van der Waals surface area contributed by atoms with Gasteiger partial charge in [-0.1, -0.05) is 12.1 Å². The van der Waals surface area contributed by atoms with Crippen molar-refractivity contribution >= 4 is 0 Å². The third kappa shape index (κ3) is 2.35. The first kappa shape index (κ1) is 11.5. The van der Waals surface area contributed by atoms with E-state index in [1.54, 1.807) is 18.6 Å². The predicted octanol–water partition coefficient (Wildman–Crippen LogP) is 2.76. The van der Waals surface area contributed by atoms with Gasteiger partial charge in [0.25, 0.3) is 5.89 Å². The zero-order valence-electron chi connectivity index (χ0n) is 10.4. The van der Waals surface area contributed by atoms with Crippen LogP contribution in [0.25, 0.3) is 22.8 Å². The minimum absolute atomic E-state index is 0.493. The van der Waals surface area contributed by atoms with Crippen molar-refractivity contribution in [3.05, 3.63) is 48.5 Å². The first-order valence-corrected chi connectivity index (χ1v) is 6.06. The van der Waals surface area contributed by atoms with Crippen LogP contribution in [0.15, 0.2) is 47.4 Å².